The summed E-state index contributed by atoms with van der Waals surface area (Å²) in [5.74, 6) is 14.8. The first-order chi connectivity index (χ1) is 51.5. The van der Waals surface area contributed by atoms with Gasteiger partial charge in [-0.2, -0.15) is 0 Å². The van der Waals surface area contributed by atoms with Gasteiger partial charge in [0.25, 0.3) is 5.79 Å². The van der Waals surface area contributed by atoms with Crippen LogP contribution >= 0.6 is 0 Å². The summed E-state index contributed by atoms with van der Waals surface area (Å²) in [5, 5.41) is 18.8. The van der Waals surface area contributed by atoms with Gasteiger partial charge in [-0.1, -0.05) is 151 Å². The van der Waals surface area contributed by atoms with E-state index in [-0.39, 0.29) is 49.4 Å². The minimum absolute atomic E-state index is 0.0583. The van der Waals surface area contributed by atoms with E-state index in [1.807, 2.05) is 63.2 Å². The number of hydrogen-bond donors (Lipinski definition) is 2. The molecule has 0 amide bonds. The minimum atomic E-state index is -0.769. The number of ether oxygens (including phenoxy) is 17. The Morgan fingerprint density at radius 3 is 1.23 bits per heavy atom. The maximum atomic E-state index is 9.53. The number of unbranched alkanes of at least 4 members (excludes halogenated alkanes) is 13. The molecular formula is C88H110O19. The number of rotatable bonds is 20. The van der Waals surface area contributed by atoms with Crippen LogP contribution in [0.15, 0.2) is 91.0 Å². The fraction of sp³-hybridized carbons (Fsp3) is 0.523. The van der Waals surface area contributed by atoms with Crippen molar-refractivity contribution in [3.8, 4) is 109 Å². The van der Waals surface area contributed by atoms with Gasteiger partial charge in [0.1, 0.15) is 34.3 Å². The van der Waals surface area contributed by atoms with Crippen LogP contribution in [0.25, 0.3) is 0 Å². The molecule has 7 aromatic rings. The molecule has 0 radical (unpaired) electrons. The molecule has 17 rings (SSSR count). The molecule has 0 aromatic heterocycles. The van der Waals surface area contributed by atoms with Gasteiger partial charge in [-0.25, -0.2) is 0 Å². The topological polar surface area (TPSA) is 197 Å². The van der Waals surface area contributed by atoms with Crippen molar-refractivity contribution in [3.05, 3.63) is 136 Å². The van der Waals surface area contributed by atoms with Crippen molar-refractivity contribution < 1.29 is 90.7 Å². The zero-order valence-corrected chi connectivity index (χ0v) is 64.8. The predicted molar refractivity (Wildman–Crippen MR) is 407 cm³/mol. The maximum Gasteiger partial charge on any atom is 0.252 e. The van der Waals surface area contributed by atoms with Crippen molar-refractivity contribution in [3.63, 3.8) is 0 Å². The molecule has 1 spiro atoms. The molecule has 0 fully saturated rings. The number of benzene rings is 7. The lowest BCUT2D eigenvalue weighted by Crippen LogP contribution is -2.55. The fourth-order valence-electron chi connectivity index (χ4n) is 16.2. The SMILES string of the molecule is CC(Cc1ccc2c(c1)OCO2)C(C)Cc1ccc2c(c1)OCO2.CC1(C)CC2(CC(C)(C)c3cc4c(cc3O2)OCO4)Oc2cc3c(cc21)OCO3.CCCCCCCCCCCCCCCCC1(C)CC(C)c2cc3c(cc2O1)OCO3.Cc1cc2c(c(C)c1O)OCO2.Cc1cc2c(cc1O)OCO2. The Hall–Kier alpha value is -9.26. The fourth-order valence-corrected chi connectivity index (χ4v) is 16.2. The molecule has 0 saturated heterocycles. The second-order valence-electron chi connectivity index (χ2n) is 32.0. The van der Waals surface area contributed by atoms with Gasteiger partial charge in [-0.3, -0.25) is 0 Å². The van der Waals surface area contributed by atoms with E-state index in [1.165, 1.54) is 107 Å². The van der Waals surface area contributed by atoms with Crippen LogP contribution < -0.4 is 80.5 Å². The molecule has 0 aliphatic carbocycles. The summed E-state index contributed by atoms with van der Waals surface area (Å²) in [5.41, 5.74) is 8.09. The molecule has 10 aliphatic rings. The second kappa shape index (κ2) is 33.1. The highest BCUT2D eigenvalue weighted by atomic mass is 16.7. The van der Waals surface area contributed by atoms with Gasteiger partial charge < -0.3 is 90.7 Å². The largest absolute Gasteiger partial charge is 0.508 e. The normalized spacial score (nSPS) is 19.2. The predicted octanol–water partition coefficient (Wildman–Crippen LogP) is 21.0. The van der Waals surface area contributed by atoms with Gasteiger partial charge in [0.05, 0.1) is 0 Å². The van der Waals surface area contributed by atoms with Gasteiger partial charge in [0, 0.05) is 70.2 Å². The van der Waals surface area contributed by atoms with Crippen LogP contribution in [0, 0.1) is 32.6 Å². The highest BCUT2D eigenvalue weighted by Gasteiger charge is 2.54. The van der Waals surface area contributed by atoms with Crippen molar-refractivity contribution in [1.82, 2.24) is 0 Å². The Bertz CT molecular complexity index is 4080. The Labute approximate surface area is 631 Å². The third kappa shape index (κ3) is 18.0. The molecule has 107 heavy (non-hydrogen) atoms. The number of aromatic hydroxyl groups is 2. The van der Waals surface area contributed by atoms with Crippen LogP contribution in [-0.2, 0) is 23.7 Å². The molecule has 10 heterocycles. The van der Waals surface area contributed by atoms with Crippen LogP contribution in [0.1, 0.15) is 228 Å². The van der Waals surface area contributed by atoms with Gasteiger partial charge >= 0.3 is 0 Å². The highest BCUT2D eigenvalue weighted by molar-refractivity contribution is 5.60. The van der Waals surface area contributed by atoms with E-state index in [0.29, 0.717) is 61.1 Å². The molecule has 19 heteroatoms. The summed E-state index contributed by atoms with van der Waals surface area (Å²) in [7, 11) is 0. The first-order valence-electron chi connectivity index (χ1n) is 38.9. The molecule has 7 aromatic carbocycles. The summed E-state index contributed by atoms with van der Waals surface area (Å²) in [6.07, 6.45) is 25.4. The lowest BCUT2D eigenvalue weighted by atomic mass is 9.69. The van der Waals surface area contributed by atoms with Crippen molar-refractivity contribution in [2.45, 2.75) is 240 Å². The smallest absolute Gasteiger partial charge is 0.252 e. The standard InChI is InChI=1S/C28H46O3.C23H24O6.C20H22O4.C9H10O3.C8H8O3/c1-4-5-6-7-8-9-10-11-12-13-14-15-16-17-18-28(3)21-23(2)24-19-26-27(30-22-29-26)20-25(24)31-28;1-21(2)9-23(28-15-7-19-17(5-13(15)21)24-11-26-19)10-22(3,4)14-6-18-20(27-12-25-18)8-16(14)29-23;1-13(7-15-3-5-17-19(9-15)23-11-21-17)14(2)8-16-4-6-18-20(10-16)24-12-22-18;1-5-3-7-9(12-4-11-7)6(2)8(5)10;1-5-2-7-8(3-6(5)9)11-4-10-7/h19-20,23H,4-18,21-22H2,1-3H3;5-8H,9-12H2,1-4H3;3-6,9-10,13-14H,7-8,11-12H2,1-2H3;3,10H,4H2,1-2H3;2-3,9H,4H2,1H3. The second-order valence-corrected chi connectivity index (χ2v) is 32.0. The molecule has 4 atom stereocenters. The van der Waals surface area contributed by atoms with Gasteiger partial charge in [-0.15, -0.1) is 0 Å². The third-order valence-electron chi connectivity index (χ3n) is 22.3. The third-order valence-corrected chi connectivity index (χ3v) is 22.3. The molecule has 0 bridgehead atoms. The molecule has 10 aliphatic heterocycles. The van der Waals surface area contributed by atoms with E-state index in [9.17, 15) is 10.2 Å². The lowest BCUT2D eigenvalue weighted by Gasteiger charge is -2.51. The summed E-state index contributed by atoms with van der Waals surface area (Å²) >= 11 is 0. The molecule has 0 saturated carbocycles. The van der Waals surface area contributed by atoms with Gasteiger partial charge in [0.2, 0.25) is 47.6 Å². The first kappa shape index (κ1) is 76.0. The molecule has 19 nitrogen and oxygen atoms in total. The maximum absolute atomic E-state index is 9.53. The van der Waals surface area contributed by atoms with Crippen LogP contribution in [0.2, 0.25) is 0 Å². The monoisotopic (exact) mass is 1470 g/mol. The quantitative estimate of drug-likeness (QED) is 0.0683. The van der Waals surface area contributed by atoms with E-state index < -0.39 is 5.79 Å². The number of hydrogen-bond acceptors (Lipinski definition) is 19. The lowest BCUT2D eigenvalue weighted by molar-refractivity contribution is -0.166. The van der Waals surface area contributed by atoms with E-state index in [0.717, 1.165) is 147 Å². The zero-order chi connectivity index (χ0) is 75.0. The Kier molecular flexibility index (Phi) is 23.5. The molecule has 4 unspecified atom stereocenters. The van der Waals surface area contributed by atoms with Crippen LogP contribution in [0.3, 0.4) is 0 Å². The van der Waals surface area contributed by atoms with Gasteiger partial charge in [0.15, 0.2) is 80.5 Å². The molecule has 2 N–H and O–H groups in total. The zero-order valence-electron chi connectivity index (χ0n) is 64.8. The van der Waals surface area contributed by atoms with Crippen molar-refractivity contribution in [2.75, 3.05) is 47.6 Å². The summed E-state index contributed by atoms with van der Waals surface area (Å²) < 4.78 is 95.3. The average molecular weight is 1470 g/mol. The number of phenolic OH excluding ortho intramolecular Hbond substituents is 2. The minimum Gasteiger partial charge on any atom is -0.508 e. The Morgan fingerprint density at radius 1 is 0.383 bits per heavy atom. The Balaban J connectivity index is 0.000000124. The number of fused-ring (bicyclic) bond motifs is 10. The summed E-state index contributed by atoms with van der Waals surface area (Å²) in [6, 6.07) is 29.7. The van der Waals surface area contributed by atoms with E-state index >= 15 is 0 Å². The van der Waals surface area contributed by atoms with Crippen molar-refractivity contribution in [1.29, 1.82) is 0 Å². The first-order valence-corrected chi connectivity index (χ1v) is 38.9. The van der Waals surface area contributed by atoms with Gasteiger partial charge in [-0.05, 0) is 154 Å². The summed E-state index contributed by atoms with van der Waals surface area (Å²) in [4.78, 5) is 0. The molecular weight excluding hydrogens is 1360 g/mol. The van der Waals surface area contributed by atoms with E-state index in [1.54, 1.807) is 18.2 Å². The highest BCUT2D eigenvalue weighted by Crippen LogP contribution is 2.58. The van der Waals surface area contributed by atoms with Crippen molar-refractivity contribution >= 4 is 0 Å². The Morgan fingerprint density at radius 2 is 0.757 bits per heavy atom. The number of phenols is 2. The number of aryl methyl sites for hydroxylation is 2. The van der Waals surface area contributed by atoms with Crippen LogP contribution in [0.5, 0.6) is 109 Å². The van der Waals surface area contributed by atoms with E-state index in [4.69, 9.17) is 80.5 Å². The van der Waals surface area contributed by atoms with Crippen LogP contribution in [0.4, 0.5) is 0 Å². The van der Waals surface area contributed by atoms with Crippen molar-refractivity contribution in [2.24, 2.45) is 11.8 Å². The summed E-state index contributed by atoms with van der Waals surface area (Å²) in [6.45, 7) is 27.8. The molecule has 576 valence electrons. The van der Waals surface area contributed by atoms with E-state index in [2.05, 4.69) is 92.6 Å². The average Bonchev–Trinajstić information content (AvgIpc) is 1.65. The van der Waals surface area contributed by atoms with Crippen LogP contribution in [-0.4, -0.2) is 69.2 Å².